The van der Waals surface area contributed by atoms with Gasteiger partial charge in [-0.1, -0.05) is 6.92 Å². The van der Waals surface area contributed by atoms with E-state index in [-0.39, 0.29) is 6.10 Å². The minimum atomic E-state index is -0.248. The molecule has 0 saturated carbocycles. The smallest absolute Gasteiger partial charge is 0.180 e. The molecule has 6 heteroatoms. The van der Waals surface area contributed by atoms with Crippen LogP contribution in [-0.4, -0.2) is 58.2 Å². The zero-order valence-electron chi connectivity index (χ0n) is 11.7. The molecule has 0 aliphatic carbocycles. The van der Waals surface area contributed by atoms with E-state index in [1.54, 1.807) is 11.3 Å². The first-order chi connectivity index (χ1) is 9.08. The number of aromatic nitrogens is 1. The minimum Gasteiger partial charge on any atom is -0.392 e. The molecule has 2 heterocycles. The zero-order valence-corrected chi connectivity index (χ0v) is 12.6. The molecule has 1 aliphatic rings. The van der Waals surface area contributed by atoms with Crippen LogP contribution in [0.15, 0.2) is 6.20 Å². The van der Waals surface area contributed by atoms with Gasteiger partial charge < -0.3 is 10.8 Å². The number of β-amino-alcohol motifs (C(OH)–C–C–N with tert-alkyl or cyclic N) is 1. The summed E-state index contributed by atoms with van der Waals surface area (Å²) in [6.45, 7) is 8.92. The van der Waals surface area contributed by atoms with Gasteiger partial charge in [-0.15, -0.1) is 11.3 Å². The van der Waals surface area contributed by atoms with E-state index in [0.29, 0.717) is 11.2 Å². The summed E-state index contributed by atoms with van der Waals surface area (Å²) in [5.74, 6) is 0. The second-order valence-corrected chi connectivity index (χ2v) is 6.45. The van der Waals surface area contributed by atoms with E-state index in [1.165, 1.54) is 4.88 Å². The van der Waals surface area contributed by atoms with Gasteiger partial charge in [0, 0.05) is 49.8 Å². The summed E-state index contributed by atoms with van der Waals surface area (Å²) in [5.41, 5.74) is 5.67. The maximum atomic E-state index is 9.55. The molecule has 3 N–H and O–H groups in total. The van der Waals surface area contributed by atoms with Crippen molar-refractivity contribution in [3.8, 4) is 0 Å². The monoisotopic (exact) mass is 284 g/mol. The van der Waals surface area contributed by atoms with Crippen molar-refractivity contribution in [3.05, 3.63) is 11.1 Å². The Balaban J connectivity index is 1.89. The van der Waals surface area contributed by atoms with Crippen molar-refractivity contribution in [2.24, 2.45) is 0 Å². The quantitative estimate of drug-likeness (QED) is 0.844. The molecule has 2 atom stereocenters. The van der Waals surface area contributed by atoms with E-state index in [9.17, 15) is 5.11 Å². The van der Waals surface area contributed by atoms with Crippen LogP contribution in [0.1, 0.15) is 25.1 Å². The Hall–Kier alpha value is -0.690. The fourth-order valence-corrected chi connectivity index (χ4v) is 3.41. The Morgan fingerprint density at radius 2 is 2.37 bits per heavy atom. The number of nitrogens with two attached hydrogens (primary N) is 1. The standard InChI is InChI=1S/C13H24N4OS/c1-3-11-8-16(4-5-17(11)7-10(2)18)9-12-6-15-13(14)19-12/h6,10-11,18H,3-5,7-9H2,1-2H3,(H2,14,15). The number of nitrogen functional groups attached to an aromatic ring is 1. The normalized spacial score (nSPS) is 23.6. The molecule has 5 nitrogen and oxygen atoms in total. The first-order valence-corrected chi connectivity index (χ1v) is 7.74. The summed E-state index contributed by atoms with van der Waals surface area (Å²) in [4.78, 5) is 10.2. The number of anilines is 1. The van der Waals surface area contributed by atoms with E-state index in [2.05, 4.69) is 21.7 Å². The third-order valence-corrected chi connectivity index (χ3v) is 4.42. The van der Waals surface area contributed by atoms with Crippen molar-refractivity contribution in [2.45, 2.75) is 39.0 Å². The van der Waals surface area contributed by atoms with Crippen molar-refractivity contribution in [2.75, 3.05) is 31.9 Å². The highest BCUT2D eigenvalue weighted by molar-refractivity contribution is 7.15. The first-order valence-electron chi connectivity index (χ1n) is 6.93. The number of aliphatic hydroxyl groups is 1. The Kier molecular flexibility index (Phi) is 5.15. The molecule has 19 heavy (non-hydrogen) atoms. The van der Waals surface area contributed by atoms with Crippen LogP contribution in [0.5, 0.6) is 0 Å². The van der Waals surface area contributed by atoms with Crippen LogP contribution in [0.25, 0.3) is 0 Å². The predicted molar refractivity (Wildman–Crippen MR) is 79.1 cm³/mol. The molecular weight excluding hydrogens is 260 g/mol. The second-order valence-electron chi connectivity index (χ2n) is 5.31. The van der Waals surface area contributed by atoms with Gasteiger partial charge >= 0.3 is 0 Å². The van der Waals surface area contributed by atoms with Crippen LogP contribution in [0, 0.1) is 0 Å². The third kappa shape index (κ3) is 4.14. The number of nitrogens with zero attached hydrogens (tertiary/aromatic N) is 3. The van der Waals surface area contributed by atoms with Gasteiger partial charge in [-0.2, -0.15) is 0 Å². The van der Waals surface area contributed by atoms with Crippen LogP contribution in [0.2, 0.25) is 0 Å². The molecule has 0 amide bonds. The van der Waals surface area contributed by atoms with Gasteiger partial charge in [0.25, 0.3) is 0 Å². The number of hydrogen-bond acceptors (Lipinski definition) is 6. The molecule has 2 rings (SSSR count). The molecular formula is C13H24N4OS. The van der Waals surface area contributed by atoms with Gasteiger partial charge in [0.1, 0.15) is 0 Å². The molecule has 0 bridgehead atoms. The van der Waals surface area contributed by atoms with Crippen LogP contribution in [-0.2, 0) is 6.54 Å². The van der Waals surface area contributed by atoms with Gasteiger partial charge in [-0.05, 0) is 13.3 Å². The van der Waals surface area contributed by atoms with Crippen molar-refractivity contribution in [3.63, 3.8) is 0 Å². The lowest BCUT2D eigenvalue weighted by atomic mass is 10.1. The van der Waals surface area contributed by atoms with Gasteiger partial charge in [-0.25, -0.2) is 4.98 Å². The first kappa shape index (κ1) is 14.7. The van der Waals surface area contributed by atoms with E-state index in [0.717, 1.165) is 39.1 Å². The lowest BCUT2D eigenvalue weighted by molar-refractivity contribution is 0.0341. The van der Waals surface area contributed by atoms with Crippen LogP contribution < -0.4 is 5.73 Å². The fraction of sp³-hybridized carbons (Fsp3) is 0.769. The fourth-order valence-electron chi connectivity index (χ4n) is 2.68. The molecule has 0 radical (unpaired) electrons. The Morgan fingerprint density at radius 1 is 1.58 bits per heavy atom. The zero-order chi connectivity index (χ0) is 13.8. The Morgan fingerprint density at radius 3 is 2.95 bits per heavy atom. The van der Waals surface area contributed by atoms with Gasteiger partial charge in [-0.3, -0.25) is 9.80 Å². The highest BCUT2D eigenvalue weighted by Crippen LogP contribution is 2.20. The predicted octanol–water partition coefficient (Wildman–Crippen LogP) is 1.00. The third-order valence-electron chi connectivity index (χ3n) is 3.61. The Labute approximate surface area is 119 Å². The van der Waals surface area contributed by atoms with E-state index < -0.39 is 0 Å². The maximum Gasteiger partial charge on any atom is 0.180 e. The highest BCUT2D eigenvalue weighted by atomic mass is 32.1. The summed E-state index contributed by atoms with van der Waals surface area (Å²) in [5, 5.41) is 10.2. The van der Waals surface area contributed by atoms with Gasteiger partial charge in [0.15, 0.2) is 5.13 Å². The lowest BCUT2D eigenvalue weighted by Gasteiger charge is -2.41. The molecule has 1 fully saturated rings. The largest absolute Gasteiger partial charge is 0.392 e. The number of thiazole rings is 1. The van der Waals surface area contributed by atoms with Gasteiger partial charge in [0.05, 0.1) is 6.10 Å². The number of aliphatic hydroxyl groups excluding tert-OH is 1. The molecule has 1 saturated heterocycles. The van der Waals surface area contributed by atoms with Crippen LogP contribution in [0.4, 0.5) is 5.13 Å². The van der Waals surface area contributed by atoms with Crippen molar-refractivity contribution >= 4 is 16.5 Å². The SMILES string of the molecule is CCC1CN(Cc2cnc(N)s2)CCN1CC(C)O. The van der Waals surface area contributed by atoms with Crippen molar-refractivity contribution in [1.82, 2.24) is 14.8 Å². The minimum absolute atomic E-state index is 0.248. The highest BCUT2D eigenvalue weighted by Gasteiger charge is 2.26. The van der Waals surface area contributed by atoms with Gasteiger partial charge in [0.2, 0.25) is 0 Å². The molecule has 2 unspecified atom stereocenters. The summed E-state index contributed by atoms with van der Waals surface area (Å²) in [6, 6.07) is 0.536. The summed E-state index contributed by atoms with van der Waals surface area (Å²) in [7, 11) is 0. The number of piperazine rings is 1. The number of hydrogen-bond donors (Lipinski definition) is 2. The lowest BCUT2D eigenvalue weighted by Crippen LogP contribution is -2.54. The summed E-state index contributed by atoms with van der Waals surface area (Å²) >= 11 is 1.57. The molecule has 1 aromatic heterocycles. The van der Waals surface area contributed by atoms with E-state index in [1.807, 2.05) is 13.1 Å². The average molecular weight is 284 g/mol. The molecule has 0 spiro atoms. The molecule has 0 aromatic carbocycles. The summed E-state index contributed by atoms with van der Waals surface area (Å²) < 4.78 is 0. The second kappa shape index (κ2) is 6.65. The summed E-state index contributed by atoms with van der Waals surface area (Å²) in [6.07, 6.45) is 2.75. The molecule has 108 valence electrons. The molecule has 1 aliphatic heterocycles. The average Bonchev–Trinajstić information content (AvgIpc) is 2.76. The van der Waals surface area contributed by atoms with Crippen LogP contribution in [0.3, 0.4) is 0 Å². The van der Waals surface area contributed by atoms with Crippen molar-refractivity contribution < 1.29 is 5.11 Å². The molecule has 1 aromatic rings. The number of rotatable bonds is 5. The van der Waals surface area contributed by atoms with E-state index >= 15 is 0 Å². The van der Waals surface area contributed by atoms with Crippen molar-refractivity contribution in [1.29, 1.82) is 0 Å². The van der Waals surface area contributed by atoms with E-state index in [4.69, 9.17) is 5.73 Å². The van der Waals surface area contributed by atoms with Crippen LogP contribution >= 0.6 is 11.3 Å². The maximum absolute atomic E-state index is 9.55. The topological polar surface area (TPSA) is 65.6 Å². The Bertz CT molecular complexity index is 396.